The summed E-state index contributed by atoms with van der Waals surface area (Å²) in [4.78, 5) is 5.60. The quantitative estimate of drug-likeness (QED) is 0.938. The molecule has 0 unspecified atom stereocenters. The van der Waals surface area contributed by atoms with Crippen molar-refractivity contribution in [1.29, 1.82) is 0 Å². The standard InChI is InChI=1S/C14H16N2O3S2/c1-2-10-3-5-11(6-4-10)21(17,18)16-14-15-12-7-8-19-9-13(12)20-14/h3-6H,2,7-9H2,1H3,(H,15,16). The Kier molecular flexibility index (Phi) is 3.97. The van der Waals surface area contributed by atoms with E-state index in [4.69, 9.17) is 4.74 Å². The van der Waals surface area contributed by atoms with Gasteiger partial charge < -0.3 is 4.74 Å². The van der Waals surface area contributed by atoms with Gasteiger partial charge in [0, 0.05) is 6.42 Å². The molecule has 0 fully saturated rings. The van der Waals surface area contributed by atoms with Gasteiger partial charge in [0.05, 0.1) is 28.7 Å². The fraction of sp³-hybridized carbons (Fsp3) is 0.357. The third kappa shape index (κ3) is 3.09. The first-order valence-corrected chi connectivity index (χ1v) is 9.06. The number of ether oxygens (including phenoxy) is 1. The first kappa shape index (κ1) is 14.5. The second-order valence-corrected chi connectivity index (χ2v) is 7.56. The summed E-state index contributed by atoms with van der Waals surface area (Å²) in [7, 11) is -3.58. The predicted molar refractivity (Wildman–Crippen MR) is 82.1 cm³/mol. The van der Waals surface area contributed by atoms with Crippen LogP contribution in [0.1, 0.15) is 23.1 Å². The van der Waals surface area contributed by atoms with Crippen molar-refractivity contribution < 1.29 is 13.2 Å². The van der Waals surface area contributed by atoms with Gasteiger partial charge in [-0.3, -0.25) is 4.72 Å². The second-order valence-electron chi connectivity index (χ2n) is 4.79. The van der Waals surface area contributed by atoms with Crippen molar-refractivity contribution in [2.24, 2.45) is 0 Å². The summed E-state index contributed by atoms with van der Waals surface area (Å²) in [6.45, 7) is 3.19. The molecule has 1 N–H and O–H groups in total. The molecule has 2 heterocycles. The lowest BCUT2D eigenvalue weighted by atomic mass is 10.2. The van der Waals surface area contributed by atoms with Crippen molar-refractivity contribution in [2.45, 2.75) is 31.3 Å². The normalized spacial score (nSPS) is 14.7. The van der Waals surface area contributed by atoms with Gasteiger partial charge in [0.25, 0.3) is 10.0 Å². The Morgan fingerprint density at radius 2 is 2.10 bits per heavy atom. The maximum absolute atomic E-state index is 12.3. The number of hydrogen-bond acceptors (Lipinski definition) is 5. The zero-order valence-corrected chi connectivity index (χ0v) is 13.3. The molecular weight excluding hydrogens is 308 g/mol. The summed E-state index contributed by atoms with van der Waals surface area (Å²) in [6, 6.07) is 6.90. The molecule has 112 valence electrons. The third-order valence-corrected chi connectivity index (χ3v) is 5.83. The van der Waals surface area contributed by atoms with Gasteiger partial charge in [0.15, 0.2) is 5.13 Å². The van der Waals surface area contributed by atoms with Crippen molar-refractivity contribution in [3.63, 3.8) is 0 Å². The van der Waals surface area contributed by atoms with Crippen LogP contribution in [0.4, 0.5) is 5.13 Å². The molecule has 3 rings (SSSR count). The molecule has 1 aliphatic heterocycles. The van der Waals surface area contributed by atoms with E-state index in [0.717, 1.165) is 29.0 Å². The highest BCUT2D eigenvalue weighted by Gasteiger charge is 2.20. The number of sulfonamides is 1. The molecule has 0 saturated carbocycles. The summed E-state index contributed by atoms with van der Waals surface area (Å²) in [5.41, 5.74) is 2.04. The number of rotatable bonds is 4. The van der Waals surface area contributed by atoms with E-state index in [9.17, 15) is 8.42 Å². The topological polar surface area (TPSA) is 68.3 Å². The molecule has 0 amide bonds. The minimum atomic E-state index is -3.58. The van der Waals surface area contributed by atoms with Gasteiger partial charge >= 0.3 is 0 Å². The van der Waals surface area contributed by atoms with Crippen LogP contribution in [0.3, 0.4) is 0 Å². The van der Waals surface area contributed by atoms with Gasteiger partial charge in [0.1, 0.15) is 0 Å². The van der Waals surface area contributed by atoms with Gasteiger partial charge in [0.2, 0.25) is 0 Å². The molecule has 0 spiro atoms. The van der Waals surface area contributed by atoms with Gasteiger partial charge in [-0.2, -0.15) is 0 Å². The van der Waals surface area contributed by atoms with E-state index in [1.54, 1.807) is 12.1 Å². The molecule has 0 radical (unpaired) electrons. The number of aromatic nitrogens is 1. The fourth-order valence-electron chi connectivity index (χ4n) is 2.15. The fourth-order valence-corrected chi connectivity index (χ4v) is 4.33. The maximum atomic E-state index is 12.3. The molecule has 1 aromatic carbocycles. The Labute approximate surface area is 128 Å². The molecule has 0 atom stereocenters. The largest absolute Gasteiger partial charge is 0.375 e. The number of benzene rings is 1. The molecule has 1 aromatic heterocycles. The smallest absolute Gasteiger partial charge is 0.263 e. The molecule has 21 heavy (non-hydrogen) atoms. The summed E-state index contributed by atoms with van der Waals surface area (Å²) >= 11 is 1.34. The zero-order valence-electron chi connectivity index (χ0n) is 11.6. The number of aryl methyl sites for hydroxylation is 1. The van der Waals surface area contributed by atoms with Crippen LogP contribution in [-0.2, 0) is 34.2 Å². The van der Waals surface area contributed by atoms with E-state index in [-0.39, 0.29) is 4.90 Å². The monoisotopic (exact) mass is 324 g/mol. The Bertz CT molecular complexity index is 713. The Hall–Kier alpha value is -1.44. The van der Waals surface area contributed by atoms with Crippen LogP contribution in [0.5, 0.6) is 0 Å². The highest BCUT2D eigenvalue weighted by molar-refractivity contribution is 7.93. The summed E-state index contributed by atoms with van der Waals surface area (Å²) in [6.07, 6.45) is 1.62. The minimum Gasteiger partial charge on any atom is -0.375 e. The molecule has 2 aromatic rings. The van der Waals surface area contributed by atoms with E-state index < -0.39 is 10.0 Å². The SMILES string of the molecule is CCc1ccc(S(=O)(=O)Nc2nc3c(s2)COCC3)cc1. The van der Waals surface area contributed by atoms with E-state index in [1.807, 2.05) is 19.1 Å². The third-order valence-electron chi connectivity index (χ3n) is 3.36. The van der Waals surface area contributed by atoms with Crippen LogP contribution >= 0.6 is 11.3 Å². The van der Waals surface area contributed by atoms with E-state index in [1.165, 1.54) is 11.3 Å². The van der Waals surface area contributed by atoms with E-state index in [0.29, 0.717) is 18.3 Å². The molecule has 5 nitrogen and oxygen atoms in total. The molecule has 7 heteroatoms. The molecule has 0 saturated heterocycles. The van der Waals surface area contributed by atoms with Crippen LogP contribution in [0.15, 0.2) is 29.2 Å². The maximum Gasteiger partial charge on any atom is 0.263 e. The van der Waals surface area contributed by atoms with Gasteiger partial charge in [-0.1, -0.05) is 30.4 Å². The van der Waals surface area contributed by atoms with Crippen molar-refractivity contribution in [3.05, 3.63) is 40.4 Å². The number of hydrogen-bond donors (Lipinski definition) is 1. The van der Waals surface area contributed by atoms with Crippen LogP contribution in [-0.4, -0.2) is 20.0 Å². The Morgan fingerprint density at radius 3 is 2.76 bits per heavy atom. The zero-order chi connectivity index (χ0) is 14.9. The highest BCUT2D eigenvalue weighted by Crippen LogP contribution is 2.28. The van der Waals surface area contributed by atoms with Crippen LogP contribution in [0.25, 0.3) is 0 Å². The number of fused-ring (bicyclic) bond motifs is 1. The molecule has 1 aliphatic rings. The van der Waals surface area contributed by atoms with Gasteiger partial charge in [-0.05, 0) is 24.1 Å². The number of nitrogens with one attached hydrogen (secondary N) is 1. The Morgan fingerprint density at radius 1 is 1.33 bits per heavy atom. The first-order valence-electron chi connectivity index (χ1n) is 6.76. The molecule has 0 bridgehead atoms. The van der Waals surface area contributed by atoms with Crippen LogP contribution in [0.2, 0.25) is 0 Å². The number of nitrogens with zero attached hydrogens (tertiary/aromatic N) is 1. The van der Waals surface area contributed by atoms with Crippen LogP contribution in [0, 0.1) is 0 Å². The lowest BCUT2D eigenvalue weighted by Crippen LogP contribution is -2.13. The molecular formula is C14H16N2O3S2. The minimum absolute atomic E-state index is 0.254. The van der Waals surface area contributed by atoms with E-state index >= 15 is 0 Å². The highest BCUT2D eigenvalue weighted by atomic mass is 32.2. The van der Waals surface area contributed by atoms with Gasteiger partial charge in [-0.25, -0.2) is 13.4 Å². The second kappa shape index (κ2) is 5.75. The van der Waals surface area contributed by atoms with Crippen molar-refractivity contribution in [2.75, 3.05) is 11.3 Å². The summed E-state index contributed by atoms with van der Waals surface area (Å²) in [5.74, 6) is 0. The van der Waals surface area contributed by atoms with Crippen molar-refractivity contribution in [3.8, 4) is 0 Å². The lowest BCUT2D eigenvalue weighted by molar-refractivity contribution is 0.112. The average Bonchev–Trinajstić information content (AvgIpc) is 2.88. The van der Waals surface area contributed by atoms with Crippen LogP contribution < -0.4 is 4.72 Å². The summed E-state index contributed by atoms with van der Waals surface area (Å²) in [5, 5.41) is 0.407. The van der Waals surface area contributed by atoms with Crippen molar-refractivity contribution in [1.82, 2.24) is 4.98 Å². The number of anilines is 1. The summed E-state index contributed by atoms with van der Waals surface area (Å²) < 4.78 is 32.6. The van der Waals surface area contributed by atoms with Gasteiger partial charge in [-0.15, -0.1) is 0 Å². The number of thiazole rings is 1. The average molecular weight is 324 g/mol. The van der Waals surface area contributed by atoms with Crippen molar-refractivity contribution >= 4 is 26.5 Å². The van der Waals surface area contributed by atoms with E-state index in [2.05, 4.69) is 9.71 Å². The lowest BCUT2D eigenvalue weighted by Gasteiger charge is -2.08. The molecule has 0 aliphatic carbocycles. The first-order chi connectivity index (χ1) is 10.1. The Balaban J connectivity index is 1.83. The predicted octanol–water partition coefficient (Wildman–Crippen LogP) is 2.58.